The first-order chi connectivity index (χ1) is 11.0. The summed E-state index contributed by atoms with van der Waals surface area (Å²) in [5.74, 6) is 0. The van der Waals surface area contributed by atoms with Crippen LogP contribution < -0.4 is 5.32 Å². The Kier molecular flexibility index (Phi) is 6.47. The summed E-state index contributed by atoms with van der Waals surface area (Å²) in [5.41, 5.74) is 0.835. The van der Waals surface area contributed by atoms with Crippen LogP contribution >= 0.6 is 35.6 Å². The third-order valence-electron chi connectivity index (χ3n) is 3.77. The molecule has 1 aliphatic rings. The molecule has 1 unspecified atom stereocenters. The third-order valence-corrected chi connectivity index (χ3v) is 6.65. The van der Waals surface area contributed by atoms with E-state index in [0.717, 1.165) is 5.56 Å². The number of rotatable bonds is 3. The fourth-order valence-electron chi connectivity index (χ4n) is 2.64. The molecular formula is C15H16Cl3N3O2S. The summed E-state index contributed by atoms with van der Waals surface area (Å²) in [6.07, 6.45) is 3.34. The highest BCUT2D eigenvalue weighted by atomic mass is 35.5. The Morgan fingerprint density at radius 1 is 1.21 bits per heavy atom. The smallest absolute Gasteiger partial charge is 0.245 e. The van der Waals surface area contributed by atoms with Crippen LogP contribution in [0.4, 0.5) is 0 Å². The molecule has 9 heteroatoms. The van der Waals surface area contributed by atoms with Gasteiger partial charge in [0.05, 0.1) is 16.1 Å². The Balaban J connectivity index is 0.00000208. The van der Waals surface area contributed by atoms with Gasteiger partial charge in [0.1, 0.15) is 4.90 Å². The number of piperazine rings is 1. The quantitative estimate of drug-likeness (QED) is 0.847. The van der Waals surface area contributed by atoms with E-state index in [1.54, 1.807) is 30.6 Å². The summed E-state index contributed by atoms with van der Waals surface area (Å²) in [6.45, 7) is 1.45. The molecule has 0 saturated carbocycles. The van der Waals surface area contributed by atoms with Crippen LogP contribution in [0.3, 0.4) is 0 Å². The van der Waals surface area contributed by atoms with Gasteiger partial charge in [-0.1, -0.05) is 35.3 Å². The SMILES string of the molecule is Cl.O=S(=O)(c1cccc(Cl)c1Cl)N1CCNCC1c1cccnc1. The highest BCUT2D eigenvalue weighted by Crippen LogP contribution is 2.34. The third kappa shape index (κ3) is 3.69. The molecule has 1 atom stereocenters. The topological polar surface area (TPSA) is 62.3 Å². The maximum absolute atomic E-state index is 13.1. The molecule has 1 N–H and O–H groups in total. The van der Waals surface area contributed by atoms with Crippen molar-refractivity contribution in [1.29, 1.82) is 0 Å². The molecule has 3 rings (SSSR count). The number of nitrogens with zero attached hydrogens (tertiary/aromatic N) is 2. The minimum atomic E-state index is -3.76. The predicted molar refractivity (Wildman–Crippen MR) is 97.4 cm³/mol. The van der Waals surface area contributed by atoms with Crippen molar-refractivity contribution in [2.75, 3.05) is 19.6 Å². The fourth-order valence-corrected chi connectivity index (χ4v) is 4.99. The standard InChI is InChI=1S/C15H15Cl2N3O2S.ClH/c16-12-4-1-5-14(15(12)17)23(21,22)20-8-7-19-10-13(20)11-3-2-6-18-9-11;/h1-6,9,13,19H,7-8,10H2;1H. The van der Waals surface area contributed by atoms with Gasteiger partial charge >= 0.3 is 0 Å². The Hall–Kier alpha value is -0.890. The first kappa shape index (κ1) is 19.4. The van der Waals surface area contributed by atoms with Crippen molar-refractivity contribution in [1.82, 2.24) is 14.6 Å². The molecule has 0 radical (unpaired) electrons. The molecule has 0 spiro atoms. The molecule has 0 aliphatic carbocycles. The van der Waals surface area contributed by atoms with Gasteiger partial charge in [0.2, 0.25) is 10.0 Å². The largest absolute Gasteiger partial charge is 0.313 e. The van der Waals surface area contributed by atoms with Crippen molar-refractivity contribution in [3.63, 3.8) is 0 Å². The van der Waals surface area contributed by atoms with Crippen molar-refractivity contribution in [3.8, 4) is 0 Å². The van der Waals surface area contributed by atoms with E-state index < -0.39 is 10.0 Å². The number of pyridine rings is 1. The minimum absolute atomic E-state index is 0. The molecule has 130 valence electrons. The summed E-state index contributed by atoms with van der Waals surface area (Å²) in [7, 11) is -3.76. The van der Waals surface area contributed by atoms with Gasteiger partial charge in [-0.2, -0.15) is 4.31 Å². The van der Waals surface area contributed by atoms with E-state index in [-0.39, 0.29) is 33.4 Å². The predicted octanol–water partition coefficient (Wildman–Crippen LogP) is 3.15. The summed E-state index contributed by atoms with van der Waals surface area (Å²) < 4.78 is 27.6. The Morgan fingerprint density at radius 2 is 2.00 bits per heavy atom. The van der Waals surface area contributed by atoms with E-state index in [1.807, 2.05) is 6.07 Å². The zero-order valence-electron chi connectivity index (χ0n) is 12.5. The van der Waals surface area contributed by atoms with Gasteiger partial charge in [-0.25, -0.2) is 8.42 Å². The van der Waals surface area contributed by atoms with Crippen LogP contribution in [0.2, 0.25) is 10.0 Å². The molecule has 5 nitrogen and oxygen atoms in total. The normalized spacial score (nSPS) is 18.8. The fraction of sp³-hybridized carbons (Fsp3) is 0.267. The van der Waals surface area contributed by atoms with Gasteiger partial charge < -0.3 is 5.32 Å². The van der Waals surface area contributed by atoms with Crippen molar-refractivity contribution >= 4 is 45.6 Å². The molecule has 1 aliphatic heterocycles. The molecule has 0 bridgehead atoms. The first-order valence-electron chi connectivity index (χ1n) is 7.08. The van der Waals surface area contributed by atoms with E-state index in [9.17, 15) is 8.42 Å². The van der Waals surface area contributed by atoms with E-state index in [4.69, 9.17) is 23.2 Å². The van der Waals surface area contributed by atoms with Gasteiger partial charge in [0, 0.05) is 32.0 Å². The lowest BCUT2D eigenvalue weighted by Crippen LogP contribution is -2.48. The lowest BCUT2D eigenvalue weighted by Gasteiger charge is -2.35. The van der Waals surface area contributed by atoms with E-state index in [2.05, 4.69) is 10.3 Å². The highest BCUT2D eigenvalue weighted by molar-refractivity contribution is 7.89. The number of aromatic nitrogens is 1. The molecule has 1 aromatic carbocycles. The monoisotopic (exact) mass is 407 g/mol. The second-order valence-electron chi connectivity index (χ2n) is 5.17. The van der Waals surface area contributed by atoms with E-state index in [0.29, 0.717) is 19.6 Å². The molecule has 24 heavy (non-hydrogen) atoms. The number of hydrogen-bond donors (Lipinski definition) is 1. The van der Waals surface area contributed by atoms with Crippen molar-refractivity contribution in [2.24, 2.45) is 0 Å². The van der Waals surface area contributed by atoms with Crippen LogP contribution in [0.15, 0.2) is 47.6 Å². The molecule has 1 fully saturated rings. The number of halogens is 3. The van der Waals surface area contributed by atoms with Crippen LogP contribution in [0.5, 0.6) is 0 Å². The minimum Gasteiger partial charge on any atom is -0.313 e. The number of nitrogens with one attached hydrogen (secondary N) is 1. The van der Waals surface area contributed by atoms with Gasteiger partial charge in [-0.15, -0.1) is 12.4 Å². The lowest BCUT2D eigenvalue weighted by molar-refractivity contribution is 0.271. The van der Waals surface area contributed by atoms with Crippen molar-refractivity contribution in [2.45, 2.75) is 10.9 Å². The lowest BCUT2D eigenvalue weighted by atomic mass is 10.1. The summed E-state index contributed by atoms with van der Waals surface area (Å²) in [5, 5.41) is 3.50. The number of benzene rings is 1. The molecule has 2 heterocycles. The average molecular weight is 409 g/mol. The highest BCUT2D eigenvalue weighted by Gasteiger charge is 2.35. The first-order valence-corrected chi connectivity index (χ1v) is 9.28. The number of sulfonamides is 1. The Bertz CT molecular complexity index is 803. The second kappa shape index (κ2) is 7.99. The maximum atomic E-state index is 13.1. The Morgan fingerprint density at radius 3 is 2.71 bits per heavy atom. The van der Waals surface area contributed by atoms with Gasteiger partial charge in [-0.05, 0) is 23.8 Å². The maximum Gasteiger partial charge on any atom is 0.245 e. The molecule has 1 saturated heterocycles. The van der Waals surface area contributed by atoms with Gasteiger partial charge in [-0.3, -0.25) is 4.98 Å². The Labute approximate surface area is 157 Å². The zero-order valence-corrected chi connectivity index (χ0v) is 15.7. The van der Waals surface area contributed by atoms with E-state index >= 15 is 0 Å². The van der Waals surface area contributed by atoms with Crippen molar-refractivity contribution < 1.29 is 8.42 Å². The van der Waals surface area contributed by atoms with Gasteiger partial charge in [0.15, 0.2) is 0 Å². The molecule has 0 amide bonds. The van der Waals surface area contributed by atoms with Crippen LogP contribution in [-0.4, -0.2) is 37.3 Å². The molecule has 1 aromatic heterocycles. The van der Waals surface area contributed by atoms with Crippen LogP contribution in [0, 0.1) is 0 Å². The number of hydrogen-bond acceptors (Lipinski definition) is 4. The summed E-state index contributed by atoms with van der Waals surface area (Å²) in [4.78, 5) is 4.11. The molecular weight excluding hydrogens is 393 g/mol. The van der Waals surface area contributed by atoms with Gasteiger partial charge in [0.25, 0.3) is 0 Å². The average Bonchev–Trinajstić information content (AvgIpc) is 2.58. The zero-order chi connectivity index (χ0) is 16.4. The molecule has 2 aromatic rings. The van der Waals surface area contributed by atoms with Crippen molar-refractivity contribution in [3.05, 3.63) is 58.3 Å². The van der Waals surface area contributed by atoms with E-state index in [1.165, 1.54) is 10.4 Å². The second-order valence-corrected chi connectivity index (χ2v) is 7.82. The summed E-state index contributed by atoms with van der Waals surface area (Å²) in [6, 6.07) is 7.96. The summed E-state index contributed by atoms with van der Waals surface area (Å²) >= 11 is 12.1. The van der Waals surface area contributed by atoms with Crippen LogP contribution in [0.25, 0.3) is 0 Å². The van der Waals surface area contributed by atoms with Crippen LogP contribution in [0.1, 0.15) is 11.6 Å². The van der Waals surface area contributed by atoms with Crippen LogP contribution in [-0.2, 0) is 10.0 Å².